The number of nitrogens with one attached hydrogen (secondary N) is 3. The Morgan fingerprint density at radius 1 is 1.27 bits per heavy atom. The number of hydrogen-bond acceptors (Lipinski definition) is 5. The molecule has 1 saturated heterocycles. The van der Waals surface area contributed by atoms with Gasteiger partial charge in [-0.25, -0.2) is 13.1 Å². The number of benzene rings is 1. The summed E-state index contributed by atoms with van der Waals surface area (Å²) in [5.41, 5.74) is -1.20. The van der Waals surface area contributed by atoms with Crippen LogP contribution in [-0.4, -0.2) is 69.1 Å². The second-order valence-corrected chi connectivity index (χ2v) is 10.6. The number of carbonyl (C=O) groups excluding carboxylic acids is 1. The molecule has 0 aromatic heterocycles. The van der Waals surface area contributed by atoms with Crippen molar-refractivity contribution in [1.29, 1.82) is 5.41 Å². The van der Waals surface area contributed by atoms with E-state index in [1.807, 2.05) is 0 Å². The zero-order chi connectivity index (χ0) is 24.8. The molecular formula is C21H30ClF3N4O3S. The van der Waals surface area contributed by atoms with E-state index in [4.69, 9.17) is 17.0 Å². The first-order valence-electron chi connectivity index (χ1n) is 10.7. The molecule has 2 atom stereocenters. The zero-order valence-electron chi connectivity index (χ0n) is 18.6. The molecule has 0 spiro atoms. The van der Waals surface area contributed by atoms with Gasteiger partial charge in [0.05, 0.1) is 0 Å². The summed E-state index contributed by atoms with van der Waals surface area (Å²) >= 11 is 6.17. The number of alkyl halides is 3. The van der Waals surface area contributed by atoms with Gasteiger partial charge in [0, 0.05) is 24.7 Å². The SMILES string of the molecule is CNCC(C(=N)C(F)(F)F)S(=O)(=O)NC(CCc1ccccc1Cl)C(=O)N1CCC(C)CC1. The maximum absolute atomic E-state index is 13.2. The van der Waals surface area contributed by atoms with Gasteiger partial charge in [0.25, 0.3) is 0 Å². The number of amides is 1. The molecule has 33 heavy (non-hydrogen) atoms. The molecule has 1 heterocycles. The van der Waals surface area contributed by atoms with Crippen molar-refractivity contribution in [3.05, 3.63) is 34.9 Å². The fourth-order valence-electron chi connectivity index (χ4n) is 3.70. The Hall–Kier alpha value is -1.69. The molecule has 12 heteroatoms. The highest BCUT2D eigenvalue weighted by atomic mass is 35.5. The van der Waals surface area contributed by atoms with Gasteiger partial charge < -0.3 is 10.2 Å². The number of piperidine rings is 1. The predicted molar refractivity (Wildman–Crippen MR) is 122 cm³/mol. The highest BCUT2D eigenvalue weighted by molar-refractivity contribution is 7.91. The number of carbonyl (C=O) groups is 1. The number of hydrogen-bond donors (Lipinski definition) is 3. The van der Waals surface area contributed by atoms with Gasteiger partial charge in [-0.05, 0) is 50.3 Å². The van der Waals surface area contributed by atoms with Crippen LogP contribution in [0.15, 0.2) is 24.3 Å². The lowest BCUT2D eigenvalue weighted by Gasteiger charge is -2.34. The Labute approximate surface area is 197 Å². The summed E-state index contributed by atoms with van der Waals surface area (Å²) in [4.78, 5) is 14.8. The summed E-state index contributed by atoms with van der Waals surface area (Å²) in [5.74, 6) is -0.0566. The second-order valence-electron chi connectivity index (χ2n) is 8.31. The van der Waals surface area contributed by atoms with Gasteiger partial charge in [-0.2, -0.15) is 13.2 Å². The summed E-state index contributed by atoms with van der Waals surface area (Å²) < 4.78 is 67.5. The molecule has 1 fully saturated rings. The minimum atomic E-state index is -5.11. The Morgan fingerprint density at radius 2 is 1.88 bits per heavy atom. The van der Waals surface area contributed by atoms with E-state index in [9.17, 15) is 26.4 Å². The van der Waals surface area contributed by atoms with Crippen molar-refractivity contribution < 1.29 is 26.4 Å². The Bertz CT molecular complexity index is 935. The van der Waals surface area contributed by atoms with Crippen molar-refractivity contribution in [3.63, 3.8) is 0 Å². The Morgan fingerprint density at radius 3 is 2.42 bits per heavy atom. The van der Waals surface area contributed by atoms with Crippen LogP contribution in [0.2, 0.25) is 5.02 Å². The maximum atomic E-state index is 13.2. The third-order valence-electron chi connectivity index (χ3n) is 5.75. The predicted octanol–water partition coefficient (Wildman–Crippen LogP) is 2.99. The van der Waals surface area contributed by atoms with Gasteiger partial charge in [0.2, 0.25) is 15.9 Å². The first-order chi connectivity index (χ1) is 15.4. The van der Waals surface area contributed by atoms with Crippen LogP contribution in [0.3, 0.4) is 0 Å². The molecule has 7 nitrogen and oxygen atoms in total. The van der Waals surface area contributed by atoms with Crippen molar-refractivity contribution in [2.24, 2.45) is 5.92 Å². The summed E-state index contributed by atoms with van der Waals surface area (Å²) in [5, 5.41) is 8.04. The van der Waals surface area contributed by atoms with Gasteiger partial charge in [0.1, 0.15) is 17.0 Å². The number of likely N-dealkylation sites (tertiary alicyclic amines) is 1. The number of halogens is 4. The Kier molecular flexibility index (Phi) is 9.71. The van der Waals surface area contributed by atoms with E-state index in [1.165, 1.54) is 7.05 Å². The van der Waals surface area contributed by atoms with Crippen LogP contribution in [0.1, 0.15) is 31.7 Å². The molecule has 0 bridgehead atoms. The number of rotatable bonds is 10. The van der Waals surface area contributed by atoms with Crippen molar-refractivity contribution in [1.82, 2.24) is 14.9 Å². The maximum Gasteiger partial charge on any atom is 0.430 e. The zero-order valence-corrected chi connectivity index (χ0v) is 20.2. The van der Waals surface area contributed by atoms with Crippen molar-refractivity contribution in [2.75, 3.05) is 26.7 Å². The summed E-state index contributed by atoms with van der Waals surface area (Å²) in [6, 6.07) is 5.61. The summed E-state index contributed by atoms with van der Waals surface area (Å²) in [6.45, 7) is 2.33. The molecule has 0 aliphatic carbocycles. The highest BCUT2D eigenvalue weighted by Crippen LogP contribution is 2.23. The van der Waals surface area contributed by atoms with Gasteiger partial charge >= 0.3 is 6.18 Å². The van der Waals surface area contributed by atoms with Crippen LogP contribution in [0.5, 0.6) is 0 Å². The fraction of sp³-hybridized carbons (Fsp3) is 0.619. The number of sulfonamides is 1. The molecule has 0 radical (unpaired) electrons. The topological polar surface area (TPSA) is 102 Å². The molecule has 1 amide bonds. The number of nitrogens with zero attached hydrogens (tertiary/aromatic N) is 1. The van der Waals surface area contributed by atoms with Crippen LogP contribution in [-0.2, 0) is 21.2 Å². The average Bonchev–Trinajstić information content (AvgIpc) is 2.74. The lowest BCUT2D eigenvalue weighted by atomic mass is 9.98. The fourth-order valence-corrected chi connectivity index (χ4v) is 5.54. The average molecular weight is 511 g/mol. The van der Waals surface area contributed by atoms with E-state index in [0.717, 1.165) is 12.8 Å². The smallest absolute Gasteiger partial charge is 0.341 e. The largest absolute Gasteiger partial charge is 0.430 e. The highest BCUT2D eigenvalue weighted by Gasteiger charge is 2.46. The van der Waals surface area contributed by atoms with Gasteiger partial charge in [0.15, 0.2) is 0 Å². The van der Waals surface area contributed by atoms with Crippen LogP contribution in [0.4, 0.5) is 13.2 Å². The monoisotopic (exact) mass is 510 g/mol. The van der Waals surface area contributed by atoms with Gasteiger partial charge in [-0.3, -0.25) is 10.2 Å². The third-order valence-corrected chi connectivity index (χ3v) is 7.88. The van der Waals surface area contributed by atoms with E-state index in [-0.39, 0.29) is 12.8 Å². The van der Waals surface area contributed by atoms with Crippen LogP contribution < -0.4 is 10.0 Å². The van der Waals surface area contributed by atoms with E-state index in [0.29, 0.717) is 29.6 Å². The van der Waals surface area contributed by atoms with Crippen molar-refractivity contribution >= 4 is 33.2 Å². The molecular weight excluding hydrogens is 481 g/mol. The number of aryl methyl sites for hydroxylation is 1. The first-order valence-corrected chi connectivity index (χ1v) is 12.6. The molecule has 1 aliphatic rings. The second kappa shape index (κ2) is 11.6. The van der Waals surface area contributed by atoms with Gasteiger partial charge in [-0.15, -0.1) is 0 Å². The lowest BCUT2D eigenvalue weighted by Crippen LogP contribution is -2.56. The van der Waals surface area contributed by atoms with Gasteiger partial charge in [-0.1, -0.05) is 36.7 Å². The lowest BCUT2D eigenvalue weighted by molar-refractivity contribution is -0.134. The molecule has 2 rings (SSSR count). The summed E-state index contributed by atoms with van der Waals surface area (Å²) in [7, 11) is -3.42. The summed E-state index contributed by atoms with van der Waals surface area (Å²) in [6.07, 6.45) is -3.33. The Balaban J connectivity index is 2.29. The minimum Gasteiger partial charge on any atom is -0.341 e. The van der Waals surface area contributed by atoms with Crippen molar-refractivity contribution in [3.8, 4) is 0 Å². The standard InChI is InChI=1S/C21H30ClF3N4O3S/c1-14-9-11-29(12-10-14)20(30)17(8-7-15-5-3-4-6-16(15)22)28-33(31,32)18(13-27-2)19(26)21(23,24)25/h3-6,14,17-18,26-28H,7-13H2,1-2H3. The molecule has 3 N–H and O–H groups in total. The van der Waals surface area contributed by atoms with E-state index < -0.39 is 45.7 Å². The molecule has 186 valence electrons. The van der Waals surface area contributed by atoms with Crippen LogP contribution in [0, 0.1) is 11.3 Å². The normalized spacial score (nSPS) is 17.6. The minimum absolute atomic E-state index is 0.0134. The first kappa shape index (κ1) is 27.6. The van der Waals surface area contributed by atoms with Crippen molar-refractivity contribution in [2.45, 2.75) is 50.1 Å². The molecule has 2 unspecified atom stereocenters. The van der Waals surface area contributed by atoms with Crippen LogP contribution in [0.25, 0.3) is 0 Å². The van der Waals surface area contributed by atoms with E-state index in [2.05, 4.69) is 17.0 Å². The molecule has 1 aliphatic heterocycles. The van der Waals surface area contributed by atoms with Crippen LogP contribution >= 0.6 is 11.6 Å². The van der Waals surface area contributed by atoms with E-state index >= 15 is 0 Å². The molecule has 1 aromatic carbocycles. The molecule has 0 saturated carbocycles. The quantitative estimate of drug-likeness (QED) is 0.421. The molecule has 1 aromatic rings. The van der Waals surface area contributed by atoms with E-state index in [1.54, 1.807) is 29.2 Å². The third kappa shape index (κ3) is 7.66.